The number of rotatable bonds is 11. The van der Waals surface area contributed by atoms with Gasteiger partial charge in [-0.2, -0.15) is 0 Å². The molecular weight excluding hydrogens is 568 g/mol. The summed E-state index contributed by atoms with van der Waals surface area (Å²) in [6.45, 7) is 0.354. The van der Waals surface area contributed by atoms with Gasteiger partial charge in [-0.3, -0.25) is 4.84 Å². The molecule has 0 spiro atoms. The van der Waals surface area contributed by atoms with Gasteiger partial charge in [0.15, 0.2) is 17.8 Å². The molecule has 0 aromatic heterocycles. The minimum absolute atomic E-state index is 0.00415. The van der Waals surface area contributed by atoms with E-state index in [0.717, 1.165) is 29.3 Å². The second-order valence-electron chi connectivity index (χ2n) is 11.0. The molecule has 13 heteroatoms. The quantitative estimate of drug-likeness (QED) is 0.368. The van der Waals surface area contributed by atoms with Crippen molar-refractivity contribution < 1.29 is 46.8 Å². The number of nitrogens with one attached hydrogen (secondary N) is 1. The zero-order chi connectivity index (χ0) is 29.1. The number of carbonyl (C=O) groups is 1. The van der Waals surface area contributed by atoms with Crippen LogP contribution < -0.4 is 14.8 Å². The van der Waals surface area contributed by atoms with Crippen LogP contribution >= 0.6 is 0 Å². The molecule has 5 atom stereocenters. The van der Waals surface area contributed by atoms with Crippen molar-refractivity contribution >= 4 is 16.1 Å². The molecule has 42 heavy (non-hydrogen) atoms. The van der Waals surface area contributed by atoms with Gasteiger partial charge in [-0.05, 0) is 43.4 Å². The molecule has 2 aromatic rings. The first kappa shape index (κ1) is 29.1. The van der Waals surface area contributed by atoms with Gasteiger partial charge in [0.2, 0.25) is 6.79 Å². The zero-order valence-corrected chi connectivity index (χ0v) is 23.9. The van der Waals surface area contributed by atoms with Crippen LogP contribution in [0.3, 0.4) is 0 Å². The smallest absolute Gasteiger partial charge is 0.407 e. The maximum absolute atomic E-state index is 13.9. The fourth-order valence-corrected chi connectivity index (χ4v) is 7.13. The van der Waals surface area contributed by atoms with Gasteiger partial charge in [0.25, 0.3) is 10.0 Å². The predicted molar refractivity (Wildman–Crippen MR) is 147 cm³/mol. The average molecular weight is 605 g/mol. The molecule has 0 bridgehead atoms. The van der Waals surface area contributed by atoms with Crippen LogP contribution in [0.4, 0.5) is 4.79 Å². The summed E-state index contributed by atoms with van der Waals surface area (Å²) in [6, 6.07) is 12.8. The van der Waals surface area contributed by atoms with Crippen LogP contribution in [-0.4, -0.2) is 81.3 Å². The number of aliphatic hydroxyl groups excluding tert-OH is 1. The van der Waals surface area contributed by atoms with Crippen molar-refractivity contribution in [3.8, 4) is 11.5 Å². The zero-order valence-electron chi connectivity index (χ0n) is 23.1. The first-order valence-corrected chi connectivity index (χ1v) is 15.8. The van der Waals surface area contributed by atoms with Crippen LogP contribution in [0.25, 0.3) is 0 Å². The number of hydroxylamine groups is 1. The number of sulfonamides is 1. The number of alkyl carbamates (subject to hydrolysis) is 1. The standard InChI is InChI=1S/C29H36N2O10S/c32-24(16-31(41-20-8-4-5-9-20)42(34,35)21-10-11-25-26(15-21)39-18-38-25)23(14-19-6-2-1-3-7-19)30-29(33)40-27-17-37-28-22(27)12-13-36-28/h1-3,6-7,10-11,15,20,22-24,27-28,32H,4-5,8-9,12-14,16-18H2,(H,30,33)/t22-,23-,24-,27-,28+/m0/s1. The van der Waals surface area contributed by atoms with E-state index >= 15 is 0 Å². The Morgan fingerprint density at radius 2 is 1.83 bits per heavy atom. The molecule has 1 aliphatic carbocycles. The molecule has 12 nitrogen and oxygen atoms in total. The highest BCUT2D eigenvalue weighted by Gasteiger charge is 2.44. The van der Waals surface area contributed by atoms with Crippen LogP contribution in [-0.2, 0) is 35.5 Å². The third-order valence-electron chi connectivity index (χ3n) is 8.12. The lowest BCUT2D eigenvalue weighted by Crippen LogP contribution is -2.51. The summed E-state index contributed by atoms with van der Waals surface area (Å²) in [7, 11) is -4.23. The highest BCUT2D eigenvalue weighted by Crippen LogP contribution is 2.36. The number of aliphatic hydroxyl groups is 1. The largest absolute Gasteiger partial charge is 0.454 e. The molecule has 3 fully saturated rings. The van der Waals surface area contributed by atoms with Gasteiger partial charge in [-0.15, -0.1) is 0 Å². The average Bonchev–Trinajstić information content (AvgIpc) is 3.79. The molecule has 4 aliphatic rings. The van der Waals surface area contributed by atoms with Crippen LogP contribution in [0.2, 0.25) is 0 Å². The minimum atomic E-state index is -4.23. The van der Waals surface area contributed by atoms with E-state index in [-0.39, 0.29) is 43.0 Å². The van der Waals surface area contributed by atoms with Crippen molar-refractivity contribution in [2.45, 2.75) is 74.1 Å². The van der Waals surface area contributed by atoms with E-state index in [9.17, 15) is 18.3 Å². The Balaban J connectivity index is 1.21. The van der Waals surface area contributed by atoms with E-state index in [1.54, 1.807) is 0 Å². The molecule has 0 radical (unpaired) electrons. The highest BCUT2D eigenvalue weighted by molar-refractivity contribution is 7.89. The summed E-state index contributed by atoms with van der Waals surface area (Å²) in [5.41, 5.74) is 0.845. The Bertz CT molecular complexity index is 1340. The lowest BCUT2D eigenvalue weighted by Gasteiger charge is -2.31. The fraction of sp³-hybridized carbons (Fsp3) is 0.552. The molecule has 0 unspecified atom stereocenters. The summed E-state index contributed by atoms with van der Waals surface area (Å²) in [6.07, 6.45) is 0.988. The Labute approximate surface area is 244 Å². The number of benzene rings is 2. The Morgan fingerprint density at radius 3 is 2.64 bits per heavy atom. The molecule has 1 saturated carbocycles. The van der Waals surface area contributed by atoms with Gasteiger partial charge in [0, 0.05) is 6.07 Å². The molecule has 3 heterocycles. The second-order valence-corrected chi connectivity index (χ2v) is 12.8. The maximum atomic E-state index is 13.9. The monoisotopic (exact) mass is 604 g/mol. The number of ether oxygens (including phenoxy) is 5. The van der Waals surface area contributed by atoms with E-state index in [0.29, 0.717) is 30.9 Å². The topological polar surface area (TPSA) is 142 Å². The second kappa shape index (κ2) is 12.7. The summed E-state index contributed by atoms with van der Waals surface area (Å²) in [4.78, 5) is 19.0. The molecule has 2 aromatic carbocycles. The molecule has 2 saturated heterocycles. The molecular formula is C29H36N2O10S. The van der Waals surface area contributed by atoms with E-state index in [1.807, 2.05) is 30.3 Å². The number of fused-ring (bicyclic) bond motifs is 2. The lowest BCUT2D eigenvalue weighted by atomic mass is 10.0. The third-order valence-corrected chi connectivity index (χ3v) is 9.75. The van der Waals surface area contributed by atoms with E-state index in [4.69, 9.17) is 28.5 Å². The van der Waals surface area contributed by atoms with Crippen molar-refractivity contribution in [1.29, 1.82) is 0 Å². The number of hydrogen-bond donors (Lipinski definition) is 2. The van der Waals surface area contributed by atoms with Crippen molar-refractivity contribution in [2.24, 2.45) is 5.92 Å². The van der Waals surface area contributed by atoms with Gasteiger partial charge in [0.05, 0.1) is 48.8 Å². The first-order valence-electron chi connectivity index (χ1n) is 14.4. The number of nitrogens with zero attached hydrogens (tertiary/aromatic N) is 1. The summed E-state index contributed by atoms with van der Waals surface area (Å²) < 4.78 is 56.0. The van der Waals surface area contributed by atoms with Crippen LogP contribution in [0, 0.1) is 5.92 Å². The van der Waals surface area contributed by atoms with Gasteiger partial charge < -0.3 is 34.1 Å². The first-order chi connectivity index (χ1) is 20.4. The molecule has 228 valence electrons. The maximum Gasteiger partial charge on any atom is 0.407 e. The van der Waals surface area contributed by atoms with Gasteiger partial charge in [-0.25, -0.2) is 13.2 Å². The van der Waals surface area contributed by atoms with Gasteiger partial charge in [0.1, 0.15) is 6.10 Å². The van der Waals surface area contributed by atoms with E-state index in [1.165, 1.54) is 18.2 Å². The fourth-order valence-electron chi connectivity index (χ4n) is 5.81. The van der Waals surface area contributed by atoms with Crippen molar-refractivity contribution in [3.63, 3.8) is 0 Å². The summed E-state index contributed by atoms with van der Waals surface area (Å²) in [5.74, 6) is 0.719. The molecule has 1 amide bonds. The Hall–Kier alpha value is -2.94. The Morgan fingerprint density at radius 1 is 1.05 bits per heavy atom. The summed E-state index contributed by atoms with van der Waals surface area (Å²) >= 11 is 0. The number of carbonyl (C=O) groups excluding carboxylic acids is 1. The van der Waals surface area contributed by atoms with Crippen molar-refractivity contribution in [3.05, 3.63) is 54.1 Å². The van der Waals surface area contributed by atoms with Crippen LogP contribution in [0.5, 0.6) is 11.5 Å². The van der Waals surface area contributed by atoms with Crippen molar-refractivity contribution in [2.75, 3.05) is 26.6 Å². The molecule has 6 rings (SSSR count). The van der Waals surface area contributed by atoms with E-state index in [2.05, 4.69) is 5.32 Å². The number of amides is 1. The SMILES string of the molecule is O=C(N[C@@H](Cc1ccccc1)[C@@H](O)CN(OC1CCCC1)S(=O)(=O)c1ccc2c(c1)OCO2)O[C@H]1CO[C@H]2OCC[C@H]21. The van der Waals surface area contributed by atoms with Gasteiger partial charge in [-0.1, -0.05) is 47.6 Å². The minimum Gasteiger partial charge on any atom is -0.454 e. The normalized spacial score (nSPS) is 25.0. The number of hydrogen-bond acceptors (Lipinski definition) is 10. The third kappa shape index (κ3) is 6.51. The lowest BCUT2D eigenvalue weighted by molar-refractivity contribution is -0.145. The van der Waals surface area contributed by atoms with Crippen LogP contribution in [0.15, 0.2) is 53.4 Å². The van der Waals surface area contributed by atoms with Gasteiger partial charge >= 0.3 is 6.09 Å². The predicted octanol–water partition coefficient (Wildman–Crippen LogP) is 2.74. The molecule has 3 aliphatic heterocycles. The van der Waals surface area contributed by atoms with E-state index < -0.39 is 40.9 Å². The Kier molecular flexibility index (Phi) is 8.84. The summed E-state index contributed by atoms with van der Waals surface area (Å²) in [5, 5.41) is 14.3. The highest BCUT2D eigenvalue weighted by atomic mass is 32.2. The van der Waals surface area contributed by atoms with Crippen molar-refractivity contribution in [1.82, 2.24) is 9.79 Å². The molecule has 2 N–H and O–H groups in total. The van der Waals surface area contributed by atoms with Crippen LogP contribution in [0.1, 0.15) is 37.7 Å².